The van der Waals surface area contributed by atoms with Crippen molar-refractivity contribution in [3.8, 4) is 0 Å². The summed E-state index contributed by atoms with van der Waals surface area (Å²) in [5.74, 6) is 2.51. The SMILES string of the molecule is CC(C)C[C@H](CN(C)C)C(C)C. The molecule has 1 nitrogen and oxygen atoms in total. The summed E-state index contributed by atoms with van der Waals surface area (Å²) in [7, 11) is 4.32. The van der Waals surface area contributed by atoms with Crippen LogP contribution in [-0.2, 0) is 0 Å². The third-order valence-electron chi connectivity index (χ3n) is 2.32. The molecule has 0 spiro atoms. The summed E-state index contributed by atoms with van der Waals surface area (Å²) < 4.78 is 0. The highest BCUT2D eigenvalue weighted by Crippen LogP contribution is 2.20. The minimum absolute atomic E-state index is 0.815. The Morgan fingerprint density at radius 3 is 1.75 bits per heavy atom. The van der Waals surface area contributed by atoms with Crippen LogP contribution in [-0.4, -0.2) is 25.5 Å². The van der Waals surface area contributed by atoms with E-state index in [-0.39, 0.29) is 0 Å². The molecular formula is C11H25N. The molecule has 0 unspecified atom stereocenters. The van der Waals surface area contributed by atoms with Gasteiger partial charge < -0.3 is 4.90 Å². The fourth-order valence-corrected chi connectivity index (χ4v) is 1.63. The molecule has 0 rings (SSSR count). The first kappa shape index (κ1) is 12.0. The molecule has 0 aliphatic heterocycles. The highest BCUT2D eigenvalue weighted by Gasteiger charge is 2.15. The molecule has 0 aromatic rings. The van der Waals surface area contributed by atoms with Crippen LogP contribution in [0.5, 0.6) is 0 Å². The molecule has 0 aliphatic rings. The fraction of sp³-hybridized carbons (Fsp3) is 1.00. The van der Waals surface area contributed by atoms with Crippen LogP contribution in [0.3, 0.4) is 0 Å². The Morgan fingerprint density at radius 2 is 1.50 bits per heavy atom. The Kier molecular flexibility index (Phi) is 5.56. The van der Waals surface area contributed by atoms with Gasteiger partial charge in [0.1, 0.15) is 0 Å². The van der Waals surface area contributed by atoms with Gasteiger partial charge in [0.2, 0.25) is 0 Å². The predicted octanol–water partition coefficient (Wildman–Crippen LogP) is 2.87. The Labute approximate surface area is 78.1 Å². The van der Waals surface area contributed by atoms with Gasteiger partial charge in [0.15, 0.2) is 0 Å². The van der Waals surface area contributed by atoms with Gasteiger partial charge in [0.05, 0.1) is 0 Å². The molecule has 0 aliphatic carbocycles. The van der Waals surface area contributed by atoms with Gasteiger partial charge in [0.25, 0.3) is 0 Å². The first-order valence-electron chi connectivity index (χ1n) is 5.08. The third-order valence-corrected chi connectivity index (χ3v) is 2.32. The number of nitrogens with zero attached hydrogens (tertiary/aromatic N) is 1. The van der Waals surface area contributed by atoms with Crippen LogP contribution in [0.1, 0.15) is 34.1 Å². The Hall–Kier alpha value is -0.0400. The van der Waals surface area contributed by atoms with Gasteiger partial charge in [0, 0.05) is 6.54 Å². The zero-order chi connectivity index (χ0) is 9.72. The second-order valence-corrected chi connectivity index (χ2v) is 4.90. The van der Waals surface area contributed by atoms with Crippen LogP contribution in [0, 0.1) is 17.8 Å². The molecule has 0 saturated carbocycles. The Balaban J connectivity index is 3.87. The van der Waals surface area contributed by atoms with E-state index in [4.69, 9.17) is 0 Å². The maximum atomic E-state index is 2.33. The van der Waals surface area contributed by atoms with Crippen molar-refractivity contribution in [1.29, 1.82) is 0 Å². The van der Waals surface area contributed by atoms with Crippen molar-refractivity contribution in [2.75, 3.05) is 20.6 Å². The average Bonchev–Trinajstić information content (AvgIpc) is 1.83. The van der Waals surface area contributed by atoms with E-state index in [1.54, 1.807) is 0 Å². The Morgan fingerprint density at radius 1 is 1.00 bits per heavy atom. The molecule has 0 aromatic carbocycles. The molecule has 0 aromatic heterocycles. The van der Waals surface area contributed by atoms with Gasteiger partial charge in [-0.2, -0.15) is 0 Å². The molecule has 0 heterocycles. The summed E-state index contributed by atoms with van der Waals surface area (Å²) in [5, 5.41) is 0. The minimum atomic E-state index is 0.815. The van der Waals surface area contributed by atoms with Crippen LogP contribution < -0.4 is 0 Å². The Bertz CT molecular complexity index is 95.6. The molecule has 0 radical (unpaired) electrons. The van der Waals surface area contributed by atoms with Crippen LogP contribution in [0.25, 0.3) is 0 Å². The normalized spacial score (nSPS) is 14.8. The average molecular weight is 171 g/mol. The van der Waals surface area contributed by atoms with Crippen molar-refractivity contribution in [2.24, 2.45) is 17.8 Å². The smallest absolute Gasteiger partial charge is 0.000610 e. The van der Waals surface area contributed by atoms with E-state index in [0.717, 1.165) is 17.8 Å². The van der Waals surface area contributed by atoms with Gasteiger partial charge in [-0.25, -0.2) is 0 Å². The topological polar surface area (TPSA) is 3.24 Å². The molecule has 0 bridgehead atoms. The minimum Gasteiger partial charge on any atom is -0.309 e. The van der Waals surface area contributed by atoms with Crippen molar-refractivity contribution in [2.45, 2.75) is 34.1 Å². The summed E-state index contributed by atoms with van der Waals surface area (Å²) in [6.45, 7) is 10.5. The first-order chi connectivity index (χ1) is 5.43. The zero-order valence-corrected chi connectivity index (χ0v) is 9.59. The summed E-state index contributed by atoms with van der Waals surface area (Å²) in [6, 6.07) is 0. The second kappa shape index (κ2) is 5.58. The summed E-state index contributed by atoms with van der Waals surface area (Å²) >= 11 is 0. The second-order valence-electron chi connectivity index (χ2n) is 4.90. The maximum Gasteiger partial charge on any atom is 0.000610 e. The predicted molar refractivity (Wildman–Crippen MR) is 56.3 cm³/mol. The molecule has 1 atom stereocenters. The molecule has 74 valence electrons. The largest absolute Gasteiger partial charge is 0.309 e. The van der Waals surface area contributed by atoms with E-state index < -0.39 is 0 Å². The standard InChI is InChI=1S/C11H25N/c1-9(2)7-11(10(3)4)8-12(5)6/h9-11H,7-8H2,1-6H3/t11-/m1/s1. The molecule has 0 fully saturated rings. The van der Waals surface area contributed by atoms with Gasteiger partial charge >= 0.3 is 0 Å². The highest BCUT2D eigenvalue weighted by atomic mass is 15.1. The van der Waals surface area contributed by atoms with Crippen molar-refractivity contribution < 1.29 is 0 Å². The summed E-state index contributed by atoms with van der Waals surface area (Å²) in [5.41, 5.74) is 0. The number of hydrogen-bond donors (Lipinski definition) is 0. The van der Waals surface area contributed by atoms with Crippen LogP contribution in [0.2, 0.25) is 0 Å². The quantitative estimate of drug-likeness (QED) is 0.615. The first-order valence-corrected chi connectivity index (χ1v) is 5.08. The van der Waals surface area contributed by atoms with E-state index in [1.807, 2.05) is 0 Å². The molecule has 12 heavy (non-hydrogen) atoms. The lowest BCUT2D eigenvalue weighted by Gasteiger charge is -2.25. The fourth-order valence-electron chi connectivity index (χ4n) is 1.63. The lowest BCUT2D eigenvalue weighted by Crippen LogP contribution is -2.26. The molecular weight excluding hydrogens is 146 g/mol. The van der Waals surface area contributed by atoms with Crippen molar-refractivity contribution in [3.63, 3.8) is 0 Å². The number of rotatable bonds is 5. The van der Waals surface area contributed by atoms with Gasteiger partial charge in [-0.1, -0.05) is 27.7 Å². The van der Waals surface area contributed by atoms with Crippen molar-refractivity contribution >= 4 is 0 Å². The van der Waals surface area contributed by atoms with Gasteiger partial charge in [-0.05, 0) is 38.3 Å². The lowest BCUT2D eigenvalue weighted by molar-refractivity contribution is 0.235. The van der Waals surface area contributed by atoms with Crippen LogP contribution >= 0.6 is 0 Å². The van der Waals surface area contributed by atoms with Crippen molar-refractivity contribution in [1.82, 2.24) is 4.90 Å². The van der Waals surface area contributed by atoms with Crippen molar-refractivity contribution in [3.05, 3.63) is 0 Å². The zero-order valence-electron chi connectivity index (χ0n) is 9.59. The number of hydrogen-bond acceptors (Lipinski definition) is 1. The van der Waals surface area contributed by atoms with E-state index in [9.17, 15) is 0 Å². The molecule has 1 heteroatoms. The molecule has 0 saturated heterocycles. The van der Waals surface area contributed by atoms with E-state index in [1.165, 1.54) is 13.0 Å². The van der Waals surface area contributed by atoms with E-state index in [0.29, 0.717) is 0 Å². The van der Waals surface area contributed by atoms with Crippen LogP contribution in [0.4, 0.5) is 0 Å². The lowest BCUT2D eigenvalue weighted by atomic mass is 9.87. The monoisotopic (exact) mass is 171 g/mol. The van der Waals surface area contributed by atoms with E-state index >= 15 is 0 Å². The third kappa shape index (κ3) is 5.59. The highest BCUT2D eigenvalue weighted by molar-refractivity contribution is 4.67. The van der Waals surface area contributed by atoms with Crippen LogP contribution in [0.15, 0.2) is 0 Å². The summed E-state index contributed by atoms with van der Waals surface area (Å²) in [6.07, 6.45) is 1.36. The molecule has 0 amide bonds. The van der Waals surface area contributed by atoms with Gasteiger partial charge in [-0.3, -0.25) is 0 Å². The van der Waals surface area contributed by atoms with Gasteiger partial charge in [-0.15, -0.1) is 0 Å². The van der Waals surface area contributed by atoms with E-state index in [2.05, 4.69) is 46.7 Å². The molecule has 0 N–H and O–H groups in total. The summed E-state index contributed by atoms with van der Waals surface area (Å²) in [4.78, 5) is 2.30. The maximum absolute atomic E-state index is 2.33.